The molecule has 0 bridgehead atoms. The molecule has 0 aromatic carbocycles. The Labute approximate surface area is 131 Å². The molecule has 1 amide bonds. The van der Waals surface area contributed by atoms with E-state index in [0.29, 0.717) is 13.2 Å². The molecule has 2 aliphatic rings. The van der Waals surface area contributed by atoms with Gasteiger partial charge in [0.2, 0.25) is 5.91 Å². The Hall–Kier alpha value is -1.40. The summed E-state index contributed by atoms with van der Waals surface area (Å²) in [5.41, 5.74) is 8.16. The van der Waals surface area contributed by atoms with E-state index in [1.807, 2.05) is 4.90 Å². The van der Waals surface area contributed by atoms with E-state index >= 15 is 0 Å². The Morgan fingerprint density at radius 3 is 3.23 bits per heavy atom. The van der Waals surface area contributed by atoms with Crippen molar-refractivity contribution in [3.8, 4) is 0 Å². The van der Waals surface area contributed by atoms with Crippen molar-refractivity contribution < 1.29 is 14.1 Å². The third kappa shape index (κ3) is 3.17. The summed E-state index contributed by atoms with van der Waals surface area (Å²) in [6, 6.07) is 0.0571. The van der Waals surface area contributed by atoms with Crippen LogP contribution >= 0.6 is 0 Å². The van der Waals surface area contributed by atoms with Crippen LogP contribution in [0, 0.1) is 5.92 Å². The van der Waals surface area contributed by atoms with E-state index in [-0.39, 0.29) is 24.0 Å². The topological polar surface area (TPSA) is 81.6 Å². The zero-order valence-corrected chi connectivity index (χ0v) is 13.2. The van der Waals surface area contributed by atoms with Crippen molar-refractivity contribution in [1.29, 1.82) is 0 Å². The van der Waals surface area contributed by atoms with Gasteiger partial charge in [-0.2, -0.15) is 0 Å². The van der Waals surface area contributed by atoms with E-state index in [1.165, 1.54) is 0 Å². The van der Waals surface area contributed by atoms with Gasteiger partial charge in [-0.15, -0.1) is 0 Å². The number of hydrogen-bond acceptors (Lipinski definition) is 5. The van der Waals surface area contributed by atoms with Gasteiger partial charge in [0.15, 0.2) is 0 Å². The minimum absolute atomic E-state index is 0.0126. The first-order valence-corrected chi connectivity index (χ1v) is 8.27. The fourth-order valence-corrected chi connectivity index (χ4v) is 3.42. The van der Waals surface area contributed by atoms with Crippen LogP contribution < -0.4 is 5.73 Å². The van der Waals surface area contributed by atoms with Gasteiger partial charge in [-0.3, -0.25) is 4.79 Å². The Bertz CT molecular complexity index is 516. The Kier molecular flexibility index (Phi) is 4.78. The highest BCUT2D eigenvalue weighted by molar-refractivity contribution is 5.79. The maximum absolute atomic E-state index is 12.8. The Morgan fingerprint density at radius 1 is 1.55 bits per heavy atom. The van der Waals surface area contributed by atoms with Crippen molar-refractivity contribution in [3.05, 3.63) is 17.5 Å². The molecular weight excluding hydrogens is 282 g/mol. The second-order valence-corrected chi connectivity index (χ2v) is 6.38. The highest BCUT2D eigenvalue weighted by Crippen LogP contribution is 2.29. The molecule has 1 aromatic heterocycles. The average molecular weight is 307 g/mol. The summed E-state index contributed by atoms with van der Waals surface area (Å²) in [5, 5.41) is 3.97. The number of amides is 1. The minimum Gasteiger partial charge on any atom is -0.377 e. The number of hydrogen-bond donors (Lipinski definition) is 1. The third-order valence-corrected chi connectivity index (χ3v) is 4.75. The number of carbonyl (C=O) groups is 1. The molecule has 0 unspecified atom stereocenters. The summed E-state index contributed by atoms with van der Waals surface area (Å²) >= 11 is 0. The quantitative estimate of drug-likeness (QED) is 0.911. The molecule has 2 N–H and O–H groups in total. The molecule has 1 aliphatic heterocycles. The zero-order valence-electron chi connectivity index (χ0n) is 13.2. The van der Waals surface area contributed by atoms with Crippen LogP contribution in [0.1, 0.15) is 43.9 Å². The SMILES string of the molecule is CCCO[C@@H]1C[C@@H](C(=O)N2CCc3nocc3C2)CC[C@H]1N. The number of ether oxygens (including phenoxy) is 1. The van der Waals surface area contributed by atoms with Crippen molar-refractivity contribution in [2.24, 2.45) is 11.7 Å². The first-order chi connectivity index (χ1) is 10.7. The molecule has 1 saturated carbocycles. The Morgan fingerprint density at radius 2 is 2.41 bits per heavy atom. The molecule has 1 aromatic rings. The van der Waals surface area contributed by atoms with Crippen molar-refractivity contribution in [2.45, 2.75) is 57.7 Å². The molecule has 2 heterocycles. The van der Waals surface area contributed by atoms with Gasteiger partial charge in [0.25, 0.3) is 0 Å². The second-order valence-electron chi connectivity index (χ2n) is 6.38. The largest absolute Gasteiger partial charge is 0.377 e. The van der Waals surface area contributed by atoms with Crippen LogP contribution in [0.15, 0.2) is 10.8 Å². The lowest BCUT2D eigenvalue weighted by atomic mass is 9.83. The lowest BCUT2D eigenvalue weighted by Crippen LogP contribution is -2.47. The van der Waals surface area contributed by atoms with Crippen LogP contribution in [-0.4, -0.2) is 41.3 Å². The van der Waals surface area contributed by atoms with Gasteiger partial charge in [0.05, 0.1) is 18.3 Å². The first kappa shape index (κ1) is 15.5. The molecular formula is C16H25N3O3. The van der Waals surface area contributed by atoms with Crippen molar-refractivity contribution in [1.82, 2.24) is 10.1 Å². The number of rotatable bonds is 4. The van der Waals surface area contributed by atoms with Gasteiger partial charge >= 0.3 is 0 Å². The van der Waals surface area contributed by atoms with Gasteiger partial charge in [-0.25, -0.2) is 0 Å². The van der Waals surface area contributed by atoms with E-state index in [2.05, 4.69) is 12.1 Å². The summed E-state index contributed by atoms with van der Waals surface area (Å²) in [7, 11) is 0. The normalized spacial score (nSPS) is 28.5. The molecule has 1 fully saturated rings. The van der Waals surface area contributed by atoms with E-state index in [4.69, 9.17) is 15.0 Å². The van der Waals surface area contributed by atoms with E-state index < -0.39 is 0 Å². The highest BCUT2D eigenvalue weighted by Gasteiger charge is 2.35. The number of fused-ring (bicyclic) bond motifs is 1. The van der Waals surface area contributed by atoms with Gasteiger partial charge in [0.1, 0.15) is 6.26 Å². The van der Waals surface area contributed by atoms with Crippen LogP contribution in [0.4, 0.5) is 0 Å². The summed E-state index contributed by atoms with van der Waals surface area (Å²) in [6.07, 6.45) is 5.88. The van der Waals surface area contributed by atoms with Crippen molar-refractivity contribution in [2.75, 3.05) is 13.2 Å². The number of aromatic nitrogens is 1. The molecule has 0 radical (unpaired) electrons. The molecule has 3 rings (SSSR count). The van der Waals surface area contributed by atoms with Crippen molar-refractivity contribution in [3.63, 3.8) is 0 Å². The smallest absolute Gasteiger partial charge is 0.226 e. The molecule has 3 atom stereocenters. The highest BCUT2D eigenvalue weighted by atomic mass is 16.5. The monoisotopic (exact) mass is 307 g/mol. The zero-order chi connectivity index (χ0) is 15.5. The predicted molar refractivity (Wildman–Crippen MR) is 81.0 cm³/mol. The Balaban J connectivity index is 1.60. The van der Waals surface area contributed by atoms with Crippen LogP contribution in [0.25, 0.3) is 0 Å². The average Bonchev–Trinajstić information content (AvgIpc) is 3.01. The van der Waals surface area contributed by atoms with Crippen molar-refractivity contribution >= 4 is 5.91 Å². The van der Waals surface area contributed by atoms with Gasteiger partial charge < -0.3 is 19.9 Å². The molecule has 0 saturated heterocycles. The standard InChI is InChI=1S/C16H25N3O3/c1-2-7-21-15-8-11(3-4-13(15)17)16(20)19-6-5-14-12(9-19)10-22-18-14/h10-11,13,15H,2-9,17H2,1H3/t11-,13+,15+/m0/s1. The predicted octanol–water partition coefficient (Wildman–Crippen LogP) is 1.48. The molecule has 0 spiro atoms. The fraction of sp³-hybridized carbons (Fsp3) is 0.750. The van der Waals surface area contributed by atoms with Crippen LogP contribution in [-0.2, 0) is 22.5 Å². The lowest BCUT2D eigenvalue weighted by molar-refractivity contribution is -0.139. The van der Waals surface area contributed by atoms with Gasteiger partial charge in [-0.05, 0) is 25.7 Å². The fourth-order valence-electron chi connectivity index (χ4n) is 3.42. The second kappa shape index (κ2) is 6.79. The maximum Gasteiger partial charge on any atom is 0.226 e. The maximum atomic E-state index is 12.8. The summed E-state index contributed by atoms with van der Waals surface area (Å²) in [6.45, 7) is 4.14. The third-order valence-electron chi connectivity index (χ3n) is 4.75. The van der Waals surface area contributed by atoms with E-state index in [1.54, 1.807) is 6.26 Å². The summed E-state index contributed by atoms with van der Waals surface area (Å²) < 4.78 is 10.8. The van der Waals surface area contributed by atoms with Gasteiger partial charge in [0, 0.05) is 37.1 Å². The molecule has 1 aliphatic carbocycles. The van der Waals surface area contributed by atoms with Crippen LogP contribution in [0.3, 0.4) is 0 Å². The van der Waals surface area contributed by atoms with Gasteiger partial charge in [-0.1, -0.05) is 12.1 Å². The molecule has 122 valence electrons. The van der Waals surface area contributed by atoms with Crippen LogP contribution in [0.2, 0.25) is 0 Å². The molecule has 6 heteroatoms. The molecule has 22 heavy (non-hydrogen) atoms. The number of nitrogens with zero attached hydrogens (tertiary/aromatic N) is 2. The summed E-state index contributed by atoms with van der Waals surface area (Å²) in [4.78, 5) is 14.7. The summed E-state index contributed by atoms with van der Waals surface area (Å²) in [5.74, 6) is 0.256. The number of nitrogens with two attached hydrogens (primary N) is 1. The number of carbonyl (C=O) groups excluding carboxylic acids is 1. The van der Waals surface area contributed by atoms with E-state index in [9.17, 15) is 4.79 Å². The first-order valence-electron chi connectivity index (χ1n) is 8.27. The lowest BCUT2D eigenvalue weighted by Gasteiger charge is -2.36. The van der Waals surface area contributed by atoms with Crippen LogP contribution in [0.5, 0.6) is 0 Å². The minimum atomic E-state index is 0.0126. The molecule has 6 nitrogen and oxygen atoms in total. The van der Waals surface area contributed by atoms with E-state index in [0.717, 1.165) is 49.9 Å².